The van der Waals surface area contributed by atoms with Gasteiger partial charge in [-0.1, -0.05) is 62.6 Å². The summed E-state index contributed by atoms with van der Waals surface area (Å²) in [6.07, 6.45) is 4.43. The molecule has 0 fully saturated rings. The summed E-state index contributed by atoms with van der Waals surface area (Å²) in [5.41, 5.74) is 0. The van der Waals surface area contributed by atoms with Crippen molar-refractivity contribution in [1.82, 2.24) is 0 Å². The van der Waals surface area contributed by atoms with Gasteiger partial charge in [-0.05, 0) is 19.3 Å². The molecule has 0 spiro atoms. The number of hydrogen-bond donors (Lipinski definition) is 2. The van der Waals surface area contributed by atoms with Gasteiger partial charge in [-0.15, -0.1) is 0 Å². The van der Waals surface area contributed by atoms with Crippen LogP contribution in [0, 0.1) is 0 Å². The molecule has 0 unspecified atom stereocenters. The SMILES string of the molecule is CCCCOC[C@@H](O)[C@@H](OCCCC)[C@H](OCCCC)[C@@H](I)CO. The second kappa shape index (κ2) is 17.0. The summed E-state index contributed by atoms with van der Waals surface area (Å²) in [6, 6.07) is 0. The predicted octanol–water partition coefficient (Wildman–Crippen LogP) is 3.33. The smallest absolute Gasteiger partial charge is 0.113 e. The van der Waals surface area contributed by atoms with Crippen molar-refractivity contribution in [2.75, 3.05) is 33.0 Å². The van der Waals surface area contributed by atoms with Gasteiger partial charge < -0.3 is 24.4 Å². The fraction of sp³-hybridized carbons (Fsp3) is 1.00. The molecule has 5 nitrogen and oxygen atoms in total. The normalized spacial score (nSPS) is 16.8. The van der Waals surface area contributed by atoms with Crippen LogP contribution in [0.15, 0.2) is 0 Å². The highest BCUT2D eigenvalue weighted by atomic mass is 127. The highest BCUT2D eigenvalue weighted by Gasteiger charge is 2.34. The van der Waals surface area contributed by atoms with Crippen molar-refractivity contribution in [2.45, 2.75) is 81.5 Å². The monoisotopic (exact) mass is 460 g/mol. The summed E-state index contributed by atoms with van der Waals surface area (Å²) in [5.74, 6) is 0. The third-order valence-electron chi connectivity index (χ3n) is 3.78. The Hall–Kier alpha value is 0.530. The van der Waals surface area contributed by atoms with Crippen LogP contribution >= 0.6 is 22.6 Å². The first-order valence-electron chi connectivity index (χ1n) is 9.36. The lowest BCUT2D eigenvalue weighted by atomic mass is 10.0. The molecule has 0 rings (SSSR count). The van der Waals surface area contributed by atoms with Gasteiger partial charge in [-0.3, -0.25) is 0 Å². The molecule has 146 valence electrons. The Bertz CT molecular complexity index is 268. The van der Waals surface area contributed by atoms with E-state index in [1.54, 1.807) is 0 Å². The van der Waals surface area contributed by atoms with Crippen molar-refractivity contribution in [3.8, 4) is 0 Å². The number of aliphatic hydroxyl groups is 2. The molecule has 0 aromatic heterocycles. The summed E-state index contributed by atoms with van der Waals surface area (Å²) in [6.45, 7) is 8.38. The molecule has 0 saturated heterocycles. The number of ether oxygens (including phenoxy) is 3. The Balaban J connectivity index is 4.77. The lowest BCUT2D eigenvalue weighted by molar-refractivity contribution is -0.139. The van der Waals surface area contributed by atoms with E-state index in [1.165, 1.54) is 0 Å². The second-order valence-corrected chi connectivity index (χ2v) is 7.67. The minimum absolute atomic E-state index is 0.00555. The summed E-state index contributed by atoms with van der Waals surface area (Å²) in [5, 5.41) is 20.1. The molecule has 2 N–H and O–H groups in total. The van der Waals surface area contributed by atoms with E-state index in [0.29, 0.717) is 19.8 Å². The molecule has 0 radical (unpaired) electrons. The molecule has 6 heteroatoms. The lowest BCUT2D eigenvalue weighted by Crippen LogP contribution is -2.49. The van der Waals surface area contributed by atoms with Crippen molar-refractivity contribution in [2.24, 2.45) is 0 Å². The molecule has 0 aromatic carbocycles. The molecule has 0 aliphatic heterocycles. The van der Waals surface area contributed by atoms with E-state index in [9.17, 15) is 10.2 Å². The van der Waals surface area contributed by atoms with Crippen LogP contribution in [0.25, 0.3) is 0 Å². The van der Waals surface area contributed by atoms with Crippen LogP contribution in [-0.2, 0) is 14.2 Å². The third-order valence-corrected chi connectivity index (χ3v) is 4.88. The van der Waals surface area contributed by atoms with Gasteiger partial charge in [-0.25, -0.2) is 0 Å². The zero-order chi connectivity index (χ0) is 18.2. The average Bonchev–Trinajstić information content (AvgIpc) is 2.59. The first kappa shape index (κ1) is 24.5. The topological polar surface area (TPSA) is 68.2 Å². The Morgan fingerprint density at radius 1 is 0.833 bits per heavy atom. The Labute approximate surface area is 161 Å². The second-order valence-electron chi connectivity index (χ2n) is 6.07. The molecular weight excluding hydrogens is 423 g/mol. The van der Waals surface area contributed by atoms with E-state index in [-0.39, 0.29) is 23.2 Å². The van der Waals surface area contributed by atoms with Crippen LogP contribution in [0.5, 0.6) is 0 Å². The number of halogens is 1. The molecule has 0 bridgehead atoms. The van der Waals surface area contributed by atoms with E-state index >= 15 is 0 Å². The molecule has 4 atom stereocenters. The molecule has 0 aromatic rings. The van der Waals surface area contributed by atoms with Gasteiger partial charge in [0.25, 0.3) is 0 Å². The van der Waals surface area contributed by atoms with Crippen molar-refractivity contribution in [1.29, 1.82) is 0 Å². The Morgan fingerprint density at radius 2 is 1.33 bits per heavy atom. The molecule has 0 saturated carbocycles. The van der Waals surface area contributed by atoms with E-state index < -0.39 is 12.2 Å². The highest BCUT2D eigenvalue weighted by molar-refractivity contribution is 14.1. The minimum atomic E-state index is -0.755. The Kier molecular flexibility index (Phi) is 17.3. The fourth-order valence-corrected chi connectivity index (χ4v) is 2.82. The molecule has 0 aliphatic carbocycles. The summed E-state index contributed by atoms with van der Waals surface area (Å²) >= 11 is 2.17. The van der Waals surface area contributed by atoms with Crippen LogP contribution in [0.4, 0.5) is 0 Å². The maximum atomic E-state index is 10.6. The van der Waals surface area contributed by atoms with Gasteiger partial charge in [0, 0.05) is 19.8 Å². The van der Waals surface area contributed by atoms with Crippen LogP contribution in [-0.4, -0.2) is 65.5 Å². The number of hydrogen-bond acceptors (Lipinski definition) is 5. The summed E-state index contributed by atoms with van der Waals surface area (Å²) < 4.78 is 17.3. The van der Waals surface area contributed by atoms with E-state index in [2.05, 4.69) is 43.4 Å². The molecule has 24 heavy (non-hydrogen) atoms. The largest absolute Gasteiger partial charge is 0.395 e. The van der Waals surface area contributed by atoms with Crippen LogP contribution in [0.2, 0.25) is 0 Å². The molecule has 0 heterocycles. The summed E-state index contributed by atoms with van der Waals surface area (Å²) in [4.78, 5) is 0. The predicted molar refractivity (Wildman–Crippen MR) is 106 cm³/mol. The van der Waals surface area contributed by atoms with E-state index in [4.69, 9.17) is 14.2 Å². The van der Waals surface area contributed by atoms with Crippen molar-refractivity contribution in [3.05, 3.63) is 0 Å². The molecular formula is C18H37IO5. The first-order valence-corrected chi connectivity index (χ1v) is 10.6. The first-order chi connectivity index (χ1) is 11.6. The zero-order valence-electron chi connectivity index (χ0n) is 15.6. The highest BCUT2D eigenvalue weighted by Crippen LogP contribution is 2.20. The number of unbranched alkanes of at least 4 members (excludes halogenated alkanes) is 3. The molecule has 0 amide bonds. The third kappa shape index (κ3) is 11.2. The van der Waals surface area contributed by atoms with E-state index in [0.717, 1.165) is 38.5 Å². The van der Waals surface area contributed by atoms with Gasteiger partial charge >= 0.3 is 0 Å². The van der Waals surface area contributed by atoms with E-state index in [1.807, 2.05) is 0 Å². The van der Waals surface area contributed by atoms with Crippen LogP contribution in [0.1, 0.15) is 59.3 Å². The van der Waals surface area contributed by atoms with Gasteiger partial charge in [0.2, 0.25) is 0 Å². The maximum Gasteiger partial charge on any atom is 0.113 e. The van der Waals surface area contributed by atoms with Crippen LogP contribution < -0.4 is 0 Å². The van der Waals surface area contributed by atoms with Crippen molar-refractivity contribution >= 4 is 22.6 Å². The number of alkyl halides is 1. The maximum absolute atomic E-state index is 10.6. The lowest BCUT2D eigenvalue weighted by Gasteiger charge is -2.33. The standard InChI is InChI=1S/C18H37IO5/c1-4-7-10-22-14-16(21)18(24-12-9-6-3)17(15(19)13-20)23-11-8-5-2/h15-18,20-21H,4-14H2,1-3H3/t15-,16+,17+,18+/m0/s1. The van der Waals surface area contributed by atoms with Gasteiger partial charge in [-0.2, -0.15) is 0 Å². The van der Waals surface area contributed by atoms with Gasteiger partial charge in [0.15, 0.2) is 0 Å². The fourth-order valence-electron chi connectivity index (χ4n) is 2.21. The summed E-state index contributed by atoms with van der Waals surface area (Å²) in [7, 11) is 0. The molecule has 0 aliphatic rings. The average molecular weight is 460 g/mol. The van der Waals surface area contributed by atoms with Crippen LogP contribution in [0.3, 0.4) is 0 Å². The zero-order valence-corrected chi connectivity index (χ0v) is 17.7. The minimum Gasteiger partial charge on any atom is -0.395 e. The number of rotatable bonds is 17. The van der Waals surface area contributed by atoms with Crippen molar-refractivity contribution < 1.29 is 24.4 Å². The number of aliphatic hydroxyl groups excluding tert-OH is 2. The van der Waals surface area contributed by atoms with Gasteiger partial charge in [0.1, 0.15) is 18.3 Å². The van der Waals surface area contributed by atoms with Crippen molar-refractivity contribution in [3.63, 3.8) is 0 Å². The Morgan fingerprint density at radius 3 is 1.83 bits per heavy atom. The quantitative estimate of drug-likeness (QED) is 0.198. The van der Waals surface area contributed by atoms with Gasteiger partial charge in [0.05, 0.1) is 17.1 Å².